The van der Waals surface area contributed by atoms with Gasteiger partial charge in [0.25, 0.3) is 0 Å². The summed E-state index contributed by atoms with van der Waals surface area (Å²) in [6.45, 7) is 0. The molecule has 0 amide bonds. The highest BCUT2D eigenvalue weighted by molar-refractivity contribution is 6.38. The summed E-state index contributed by atoms with van der Waals surface area (Å²) in [5.41, 5.74) is 3.09. The SMILES string of the molecule is OC[SiH2]C(c1ccccc1)c1ccccc1. The minimum absolute atomic E-state index is 0.356. The number of rotatable bonds is 4. The van der Waals surface area contributed by atoms with Crippen molar-refractivity contribution in [2.45, 2.75) is 5.54 Å². The third kappa shape index (κ3) is 2.59. The Bertz CT molecular complexity index is 374. The van der Waals surface area contributed by atoms with E-state index in [-0.39, 0.29) is 0 Å². The first kappa shape index (κ1) is 11.1. The van der Waals surface area contributed by atoms with E-state index in [1.165, 1.54) is 11.1 Å². The van der Waals surface area contributed by atoms with E-state index in [9.17, 15) is 5.11 Å². The second-order valence-electron chi connectivity index (χ2n) is 3.89. The molecule has 1 N–H and O–H groups in total. The summed E-state index contributed by atoms with van der Waals surface area (Å²) in [4.78, 5) is 0. The van der Waals surface area contributed by atoms with Crippen molar-refractivity contribution in [3.05, 3.63) is 71.8 Å². The predicted octanol–water partition coefficient (Wildman–Crippen LogP) is 1.89. The maximum atomic E-state index is 9.22. The Morgan fingerprint density at radius 2 is 1.25 bits per heavy atom. The predicted molar refractivity (Wildman–Crippen MR) is 70.4 cm³/mol. The molecule has 0 aromatic heterocycles. The van der Waals surface area contributed by atoms with Gasteiger partial charge in [0, 0.05) is 6.23 Å². The first-order valence-electron chi connectivity index (χ1n) is 5.62. The summed E-state index contributed by atoms with van der Waals surface area (Å²) < 4.78 is 0. The normalized spacial score (nSPS) is 11.4. The summed E-state index contributed by atoms with van der Waals surface area (Å²) in [5, 5.41) is 9.22. The van der Waals surface area contributed by atoms with Crippen LogP contribution in [-0.4, -0.2) is 20.9 Å². The number of aliphatic hydroxyl groups is 1. The molecule has 1 nitrogen and oxygen atoms in total. The van der Waals surface area contributed by atoms with E-state index in [0.29, 0.717) is 11.8 Å². The zero-order valence-corrected chi connectivity index (χ0v) is 10.6. The molecule has 0 atom stereocenters. The minimum atomic E-state index is -0.505. The summed E-state index contributed by atoms with van der Waals surface area (Å²) in [6, 6.07) is 20.9. The van der Waals surface area contributed by atoms with Crippen LogP contribution in [0.1, 0.15) is 16.7 Å². The van der Waals surface area contributed by atoms with Crippen molar-refractivity contribution in [2.75, 3.05) is 6.23 Å². The maximum Gasteiger partial charge on any atom is 0.0649 e. The molecule has 0 aliphatic heterocycles. The van der Waals surface area contributed by atoms with Crippen molar-refractivity contribution in [3.63, 3.8) is 0 Å². The first-order chi connectivity index (χ1) is 7.92. The van der Waals surface area contributed by atoms with Gasteiger partial charge in [0.15, 0.2) is 0 Å². The molecule has 0 bridgehead atoms. The molecule has 2 aromatic carbocycles. The van der Waals surface area contributed by atoms with Crippen molar-refractivity contribution in [1.29, 1.82) is 0 Å². The first-order valence-corrected chi connectivity index (χ1v) is 7.44. The van der Waals surface area contributed by atoms with Crippen LogP contribution in [0.3, 0.4) is 0 Å². The van der Waals surface area contributed by atoms with Gasteiger partial charge >= 0.3 is 0 Å². The molecule has 0 saturated heterocycles. The van der Waals surface area contributed by atoms with Crippen molar-refractivity contribution in [1.82, 2.24) is 0 Å². The van der Waals surface area contributed by atoms with E-state index >= 15 is 0 Å². The highest BCUT2D eigenvalue weighted by atomic mass is 28.2. The van der Waals surface area contributed by atoms with Crippen molar-refractivity contribution >= 4 is 9.52 Å². The van der Waals surface area contributed by atoms with Gasteiger partial charge < -0.3 is 5.11 Å². The summed E-state index contributed by atoms with van der Waals surface area (Å²) >= 11 is 0. The summed E-state index contributed by atoms with van der Waals surface area (Å²) in [7, 11) is -0.505. The van der Waals surface area contributed by atoms with Crippen LogP contribution in [0, 0.1) is 0 Å². The fourth-order valence-corrected chi connectivity index (χ4v) is 3.49. The van der Waals surface area contributed by atoms with Gasteiger partial charge in [0.05, 0.1) is 9.52 Å². The standard InChI is InChI=1S/C14H16OSi/c15-11-16-14(12-7-3-1-4-8-12)13-9-5-2-6-10-13/h1-10,14-15H,11,16H2. The van der Waals surface area contributed by atoms with Crippen LogP contribution in [-0.2, 0) is 0 Å². The van der Waals surface area contributed by atoms with Crippen LogP contribution < -0.4 is 0 Å². The fraction of sp³-hybridized carbons (Fsp3) is 0.143. The van der Waals surface area contributed by atoms with Crippen molar-refractivity contribution in [3.8, 4) is 0 Å². The van der Waals surface area contributed by atoms with Gasteiger partial charge in [-0.05, 0) is 16.7 Å². The van der Waals surface area contributed by atoms with E-state index in [2.05, 4.69) is 48.5 Å². The molecule has 0 aliphatic carbocycles. The van der Waals surface area contributed by atoms with Gasteiger partial charge in [-0.2, -0.15) is 0 Å². The lowest BCUT2D eigenvalue weighted by Gasteiger charge is -2.16. The molecule has 0 saturated carbocycles. The largest absolute Gasteiger partial charge is 0.400 e. The van der Waals surface area contributed by atoms with Gasteiger partial charge in [-0.25, -0.2) is 0 Å². The van der Waals surface area contributed by atoms with E-state index in [4.69, 9.17) is 0 Å². The molecule has 0 radical (unpaired) electrons. The average molecular weight is 228 g/mol. The number of benzene rings is 2. The highest BCUT2D eigenvalue weighted by Gasteiger charge is 2.12. The van der Waals surface area contributed by atoms with E-state index in [1.54, 1.807) is 0 Å². The summed E-state index contributed by atoms with van der Waals surface area (Å²) in [6.07, 6.45) is 0.356. The average Bonchev–Trinajstić information content (AvgIpc) is 2.38. The smallest absolute Gasteiger partial charge is 0.0649 e. The lowest BCUT2D eigenvalue weighted by molar-refractivity contribution is 0.364. The number of hydrogen-bond acceptors (Lipinski definition) is 1. The molecule has 16 heavy (non-hydrogen) atoms. The highest BCUT2D eigenvalue weighted by Crippen LogP contribution is 2.22. The van der Waals surface area contributed by atoms with Crippen molar-refractivity contribution in [2.24, 2.45) is 0 Å². The molecule has 82 valence electrons. The fourth-order valence-electron chi connectivity index (χ4n) is 2.03. The minimum Gasteiger partial charge on any atom is -0.400 e. The second-order valence-corrected chi connectivity index (χ2v) is 5.73. The molecule has 0 spiro atoms. The van der Waals surface area contributed by atoms with E-state index in [0.717, 1.165) is 0 Å². The van der Waals surface area contributed by atoms with Gasteiger partial charge in [-0.3, -0.25) is 0 Å². The third-order valence-corrected chi connectivity index (χ3v) is 4.60. The summed E-state index contributed by atoms with van der Waals surface area (Å²) in [5.74, 6) is 0. The third-order valence-electron chi connectivity index (χ3n) is 2.82. The number of aliphatic hydroxyl groups excluding tert-OH is 1. The molecule has 0 fully saturated rings. The van der Waals surface area contributed by atoms with E-state index < -0.39 is 9.52 Å². The van der Waals surface area contributed by atoms with Gasteiger partial charge in [-0.15, -0.1) is 0 Å². The molecular weight excluding hydrogens is 212 g/mol. The lowest BCUT2D eigenvalue weighted by atomic mass is 10.0. The van der Waals surface area contributed by atoms with Crippen LogP contribution in [0.15, 0.2) is 60.7 Å². The molecule has 2 rings (SSSR count). The van der Waals surface area contributed by atoms with Gasteiger partial charge in [0.2, 0.25) is 0 Å². The molecular formula is C14H16OSi. The van der Waals surface area contributed by atoms with Crippen LogP contribution in [0.2, 0.25) is 0 Å². The molecule has 0 heterocycles. The van der Waals surface area contributed by atoms with Crippen LogP contribution >= 0.6 is 0 Å². The van der Waals surface area contributed by atoms with Crippen LogP contribution in [0.4, 0.5) is 0 Å². The Kier molecular flexibility index (Phi) is 3.91. The van der Waals surface area contributed by atoms with E-state index in [1.807, 2.05) is 12.1 Å². The Morgan fingerprint density at radius 3 is 1.62 bits per heavy atom. The molecule has 2 heteroatoms. The quantitative estimate of drug-likeness (QED) is 0.792. The number of hydrogen-bond donors (Lipinski definition) is 1. The van der Waals surface area contributed by atoms with Crippen LogP contribution in [0.5, 0.6) is 0 Å². The van der Waals surface area contributed by atoms with Gasteiger partial charge in [0.1, 0.15) is 0 Å². The molecule has 0 unspecified atom stereocenters. The second kappa shape index (κ2) is 5.63. The van der Waals surface area contributed by atoms with Gasteiger partial charge in [-0.1, -0.05) is 60.7 Å². The molecule has 2 aromatic rings. The monoisotopic (exact) mass is 228 g/mol. The Hall–Kier alpha value is -1.38. The van der Waals surface area contributed by atoms with Crippen molar-refractivity contribution < 1.29 is 5.11 Å². The zero-order chi connectivity index (χ0) is 11.2. The topological polar surface area (TPSA) is 20.2 Å². The lowest BCUT2D eigenvalue weighted by Crippen LogP contribution is -2.13. The molecule has 0 aliphatic rings. The Morgan fingerprint density at radius 1 is 0.812 bits per heavy atom. The zero-order valence-electron chi connectivity index (χ0n) is 9.21. The van der Waals surface area contributed by atoms with Crippen LogP contribution in [0.25, 0.3) is 0 Å². The Balaban J connectivity index is 2.31. The maximum absolute atomic E-state index is 9.22. The Labute approximate surface area is 98.6 Å².